The average molecular weight is 505 g/mol. The first-order valence-electron chi connectivity index (χ1n) is 11.6. The number of carbonyl (C=O) groups excluding carboxylic acids is 3. The Balaban J connectivity index is 1.35. The fourth-order valence-corrected chi connectivity index (χ4v) is 4.25. The second-order valence-electron chi connectivity index (χ2n) is 8.96. The lowest BCUT2D eigenvalue weighted by Gasteiger charge is -2.30. The van der Waals surface area contributed by atoms with Crippen molar-refractivity contribution in [2.75, 3.05) is 25.1 Å². The van der Waals surface area contributed by atoms with Crippen LogP contribution in [0.1, 0.15) is 30.4 Å². The van der Waals surface area contributed by atoms with E-state index in [9.17, 15) is 27.6 Å². The summed E-state index contributed by atoms with van der Waals surface area (Å²) in [5.41, 5.74) is -0.810. The summed E-state index contributed by atoms with van der Waals surface area (Å²) in [5.74, 6) is -1.18. The molecule has 1 unspecified atom stereocenters. The SMILES string of the molecule is O=C1CC[C@H](C(=O)NC2(C(=O)NCc3ccc(Nc4ccccc4C(F)(F)F)cc3)CCOC2)CN1. The van der Waals surface area contributed by atoms with Crippen LogP contribution in [0.5, 0.6) is 0 Å². The molecule has 4 rings (SSSR count). The van der Waals surface area contributed by atoms with Gasteiger partial charge in [0.25, 0.3) is 0 Å². The van der Waals surface area contributed by atoms with Gasteiger partial charge in [-0.05, 0) is 36.2 Å². The maximum Gasteiger partial charge on any atom is 0.418 e. The Bertz CT molecular complexity index is 1110. The lowest BCUT2D eigenvalue weighted by atomic mass is 9.93. The minimum atomic E-state index is -4.48. The van der Waals surface area contributed by atoms with Crippen LogP contribution in [0.15, 0.2) is 48.5 Å². The smallest absolute Gasteiger partial charge is 0.378 e. The molecule has 192 valence electrons. The second-order valence-corrected chi connectivity index (χ2v) is 8.96. The number of alkyl halides is 3. The minimum Gasteiger partial charge on any atom is -0.378 e. The lowest BCUT2D eigenvalue weighted by molar-refractivity contribution is -0.137. The zero-order valence-electron chi connectivity index (χ0n) is 19.4. The molecule has 2 atom stereocenters. The van der Waals surface area contributed by atoms with Crippen LogP contribution in [0.25, 0.3) is 0 Å². The molecule has 3 amide bonds. The summed E-state index contributed by atoms with van der Waals surface area (Å²) in [7, 11) is 0. The molecule has 36 heavy (non-hydrogen) atoms. The Hall–Kier alpha value is -3.60. The van der Waals surface area contributed by atoms with Gasteiger partial charge in [-0.1, -0.05) is 24.3 Å². The Morgan fingerprint density at radius 3 is 2.50 bits per heavy atom. The Kier molecular flexibility index (Phi) is 7.48. The highest BCUT2D eigenvalue weighted by Gasteiger charge is 2.44. The number of hydrogen-bond acceptors (Lipinski definition) is 5. The normalized spacial score (nSPS) is 22.0. The van der Waals surface area contributed by atoms with Crippen molar-refractivity contribution >= 4 is 29.1 Å². The molecule has 2 heterocycles. The molecule has 0 bridgehead atoms. The molecule has 2 aliphatic heterocycles. The molecule has 0 radical (unpaired) electrons. The molecule has 2 aliphatic rings. The van der Waals surface area contributed by atoms with E-state index in [1.54, 1.807) is 24.3 Å². The van der Waals surface area contributed by atoms with Crippen LogP contribution in [0.2, 0.25) is 0 Å². The Labute approximate surface area is 206 Å². The van der Waals surface area contributed by atoms with Gasteiger partial charge < -0.3 is 26.0 Å². The third-order valence-corrected chi connectivity index (χ3v) is 6.37. The van der Waals surface area contributed by atoms with Crippen molar-refractivity contribution in [3.63, 3.8) is 0 Å². The fraction of sp³-hybridized carbons (Fsp3) is 0.400. The molecular formula is C25H27F3N4O4. The number of nitrogens with one attached hydrogen (secondary N) is 4. The molecular weight excluding hydrogens is 477 g/mol. The number of anilines is 2. The van der Waals surface area contributed by atoms with E-state index in [0.29, 0.717) is 25.1 Å². The van der Waals surface area contributed by atoms with E-state index < -0.39 is 23.2 Å². The van der Waals surface area contributed by atoms with Gasteiger partial charge in [0.2, 0.25) is 17.7 Å². The van der Waals surface area contributed by atoms with Gasteiger partial charge in [-0.15, -0.1) is 0 Å². The number of piperidine rings is 1. The first-order valence-corrected chi connectivity index (χ1v) is 11.6. The fourth-order valence-electron chi connectivity index (χ4n) is 4.25. The van der Waals surface area contributed by atoms with Crippen molar-refractivity contribution in [3.05, 3.63) is 59.7 Å². The number of benzene rings is 2. The van der Waals surface area contributed by atoms with Gasteiger partial charge in [-0.25, -0.2) is 0 Å². The third-order valence-electron chi connectivity index (χ3n) is 6.37. The van der Waals surface area contributed by atoms with Gasteiger partial charge in [0.15, 0.2) is 0 Å². The summed E-state index contributed by atoms with van der Waals surface area (Å²) in [6, 6.07) is 11.9. The molecule has 0 aliphatic carbocycles. The second kappa shape index (κ2) is 10.6. The van der Waals surface area contributed by atoms with Crippen LogP contribution < -0.4 is 21.3 Å². The Morgan fingerprint density at radius 2 is 1.86 bits per heavy atom. The maximum absolute atomic E-state index is 13.2. The first-order chi connectivity index (χ1) is 17.2. The summed E-state index contributed by atoms with van der Waals surface area (Å²) < 4.78 is 45.1. The number of hydrogen-bond donors (Lipinski definition) is 4. The van der Waals surface area contributed by atoms with Crippen molar-refractivity contribution < 1.29 is 32.3 Å². The largest absolute Gasteiger partial charge is 0.418 e. The van der Waals surface area contributed by atoms with Gasteiger partial charge in [0.1, 0.15) is 5.54 Å². The summed E-state index contributed by atoms with van der Waals surface area (Å²) >= 11 is 0. The predicted octanol–water partition coefficient (Wildman–Crippen LogP) is 2.87. The molecule has 2 aromatic carbocycles. The number of amides is 3. The quantitative estimate of drug-likeness (QED) is 0.464. The predicted molar refractivity (Wildman–Crippen MR) is 125 cm³/mol. The van der Waals surface area contributed by atoms with Crippen LogP contribution in [0.4, 0.5) is 24.5 Å². The van der Waals surface area contributed by atoms with Crippen molar-refractivity contribution in [2.24, 2.45) is 5.92 Å². The van der Waals surface area contributed by atoms with E-state index in [4.69, 9.17) is 4.74 Å². The van der Waals surface area contributed by atoms with E-state index in [1.807, 2.05) is 0 Å². The molecule has 2 fully saturated rings. The minimum absolute atomic E-state index is 0.0468. The summed E-state index contributed by atoms with van der Waals surface area (Å²) in [6.07, 6.45) is -3.47. The van der Waals surface area contributed by atoms with Crippen molar-refractivity contribution in [2.45, 2.75) is 37.5 Å². The van der Waals surface area contributed by atoms with E-state index in [0.717, 1.165) is 11.6 Å². The van der Waals surface area contributed by atoms with Crippen LogP contribution in [0, 0.1) is 5.92 Å². The average Bonchev–Trinajstić information content (AvgIpc) is 3.33. The van der Waals surface area contributed by atoms with Gasteiger partial charge in [0, 0.05) is 38.2 Å². The van der Waals surface area contributed by atoms with Crippen molar-refractivity contribution in [1.29, 1.82) is 0 Å². The van der Waals surface area contributed by atoms with Crippen LogP contribution in [-0.2, 0) is 31.8 Å². The van der Waals surface area contributed by atoms with E-state index in [-0.39, 0.29) is 49.5 Å². The number of halogens is 3. The van der Waals surface area contributed by atoms with Crippen LogP contribution in [-0.4, -0.2) is 43.0 Å². The van der Waals surface area contributed by atoms with E-state index in [2.05, 4.69) is 21.3 Å². The third kappa shape index (κ3) is 5.96. The standard InChI is InChI=1S/C25H27F3N4O4/c26-25(27,28)19-3-1-2-4-20(19)31-18-8-5-16(6-9-18)13-30-23(35)24(11-12-36-15-24)32-22(34)17-7-10-21(33)29-14-17/h1-6,8-9,17,31H,7,10-15H2,(H,29,33)(H,30,35)(H,32,34)/t17-,24?/m0/s1. The highest BCUT2D eigenvalue weighted by atomic mass is 19.4. The molecule has 4 N–H and O–H groups in total. The number of ether oxygens (including phenoxy) is 1. The van der Waals surface area contributed by atoms with Gasteiger partial charge in [-0.3, -0.25) is 14.4 Å². The molecule has 11 heteroatoms. The first kappa shape index (κ1) is 25.5. The molecule has 2 saturated heterocycles. The molecule has 2 aromatic rings. The van der Waals surface area contributed by atoms with Crippen molar-refractivity contribution in [3.8, 4) is 0 Å². The van der Waals surface area contributed by atoms with E-state index in [1.165, 1.54) is 18.2 Å². The summed E-state index contributed by atoms with van der Waals surface area (Å²) in [4.78, 5) is 37.2. The number of para-hydroxylation sites is 1. The monoisotopic (exact) mass is 504 g/mol. The number of rotatable bonds is 7. The van der Waals surface area contributed by atoms with Crippen LogP contribution in [0.3, 0.4) is 0 Å². The molecule has 0 spiro atoms. The molecule has 0 saturated carbocycles. The summed E-state index contributed by atoms with van der Waals surface area (Å²) in [5, 5.41) is 11.1. The maximum atomic E-state index is 13.2. The Morgan fingerprint density at radius 1 is 1.11 bits per heavy atom. The number of carbonyl (C=O) groups is 3. The van der Waals surface area contributed by atoms with Gasteiger partial charge >= 0.3 is 6.18 Å². The highest BCUT2D eigenvalue weighted by molar-refractivity contribution is 5.93. The highest BCUT2D eigenvalue weighted by Crippen LogP contribution is 2.35. The van der Waals surface area contributed by atoms with Gasteiger partial charge in [-0.2, -0.15) is 13.2 Å². The summed E-state index contributed by atoms with van der Waals surface area (Å²) in [6.45, 7) is 0.770. The zero-order chi connectivity index (χ0) is 25.8. The molecule has 0 aromatic heterocycles. The van der Waals surface area contributed by atoms with Crippen LogP contribution >= 0.6 is 0 Å². The lowest BCUT2D eigenvalue weighted by Crippen LogP contribution is -2.61. The zero-order valence-corrected chi connectivity index (χ0v) is 19.4. The molecule has 8 nitrogen and oxygen atoms in total. The topological polar surface area (TPSA) is 109 Å². The van der Waals surface area contributed by atoms with Crippen molar-refractivity contribution in [1.82, 2.24) is 16.0 Å². The van der Waals surface area contributed by atoms with E-state index >= 15 is 0 Å². The van der Waals surface area contributed by atoms with Gasteiger partial charge in [0.05, 0.1) is 23.8 Å².